The van der Waals surface area contributed by atoms with E-state index in [4.69, 9.17) is 4.42 Å². The molecule has 0 saturated carbocycles. The second-order valence-electron chi connectivity index (χ2n) is 8.21. The molecule has 1 atom stereocenters. The van der Waals surface area contributed by atoms with Crippen molar-refractivity contribution in [2.45, 2.75) is 26.8 Å². The second-order valence-corrected chi connectivity index (χ2v) is 8.21. The predicted octanol–water partition coefficient (Wildman–Crippen LogP) is 4.66. The van der Waals surface area contributed by atoms with Crippen LogP contribution in [0.5, 0.6) is 0 Å². The molecule has 1 amide bonds. The fourth-order valence-electron chi connectivity index (χ4n) is 4.22. The van der Waals surface area contributed by atoms with E-state index in [1.54, 1.807) is 59.2 Å². The van der Waals surface area contributed by atoms with Crippen LogP contribution in [0, 0.1) is 19.7 Å². The van der Waals surface area contributed by atoms with Crippen LogP contribution in [0.4, 0.5) is 4.39 Å². The van der Waals surface area contributed by atoms with Crippen LogP contribution in [-0.2, 0) is 7.05 Å². The van der Waals surface area contributed by atoms with Crippen molar-refractivity contribution >= 4 is 16.9 Å². The first kappa shape index (κ1) is 21.6. The lowest BCUT2D eigenvalue weighted by atomic mass is 10.1. The molecule has 0 bridgehead atoms. The summed E-state index contributed by atoms with van der Waals surface area (Å²) in [6, 6.07) is 11.1. The van der Waals surface area contributed by atoms with Crippen molar-refractivity contribution in [2.24, 2.45) is 7.05 Å². The van der Waals surface area contributed by atoms with E-state index >= 15 is 0 Å². The van der Waals surface area contributed by atoms with E-state index in [2.05, 4.69) is 20.5 Å². The molecule has 0 fully saturated rings. The number of aromatic nitrogens is 5. The third-order valence-corrected chi connectivity index (χ3v) is 5.92. The van der Waals surface area contributed by atoms with Gasteiger partial charge in [0.25, 0.3) is 5.91 Å². The summed E-state index contributed by atoms with van der Waals surface area (Å²) in [7, 11) is 1.80. The van der Waals surface area contributed by atoms with Gasteiger partial charge in [-0.05, 0) is 63.2 Å². The summed E-state index contributed by atoms with van der Waals surface area (Å²) in [4.78, 5) is 18.1. The van der Waals surface area contributed by atoms with Gasteiger partial charge in [-0.3, -0.25) is 9.48 Å². The largest absolute Gasteiger partial charge is 0.463 e. The molecule has 34 heavy (non-hydrogen) atoms. The van der Waals surface area contributed by atoms with E-state index in [9.17, 15) is 9.18 Å². The molecule has 0 saturated heterocycles. The molecule has 0 aliphatic heterocycles. The maximum Gasteiger partial charge on any atom is 0.252 e. The zero-order valence-electron chi connectivity index (χ0n) is 19.2. The first-order valence-corrected chi connectivity index (χ1v) is 10.8. The van der Waals surface area contributed by atoms with Crippen molar-refractivity contribution in [1.29, 1.82) is 0 Å². The van der Waals surface area contributed by atoms with Crippen molar-refractivity contribution in [1.82, 2.24) is 29.9 Å². The minimum absolute atomic E-state index is 0.252. The molecular weight excluding hydrogens is 435 g/mol. The lowest BCUT2D eigenvalue weighted by molar-refractivity contribution is 0.0941. The van der Waals surface area contributed by atoms with Crippen LogP contribution >= 0.6 is 0 Å². The quantitative estimate of drug-likeness (QED) is 0.414. The molecule has 9 heteroatoms. The Hall–Kier alpha value is -4.27. The molecule has 1 aromatic carbocycles. The lowest BCUT2D eigenvalue weighted by Crippen LogP contribution is -2.27. The number of halogens is 1. The number of nitrogens with zero attached hydrogens (tertiary/aromatic N) is 5. The fraction of sp³-hybridized carbons (Fsp3) is 0.200. The number of carbonyl (C=O) groups excluding carboxylic acids is 1. The van der Waals surface area contributed by atoms with Crippen LogP contribution < -0.4 is 5.32 Å². The Bertz CT molecular complexity index is 1500. The minimum Gasteiger partial charge on any atom is -0.463 e. The Balaban J connectivity index is 1.49. The van der Waals surface area contributed by atoms with Crippen molar-refractivity contribution in [3.05, 3.63) is 83.3 Å². The highest BCUT2D eigenvalue weighted by Crippen LogP contribution is 2.28. The monoisotopic (exact) mass is 458 g/mol. The van der Waals surface area contributed by atoms with E-state index in [0.29, 0.717) is 33.7 Å². The van der Waals surface area contributed by atoms with E-state index in [0.717, 1.165) is 16.9 Å². The summed E-state index contributed by atoms with van der Waals surface area (Å²) >= 11 is 0. The zero-order chi connectivity index (χ0) is 24.0. The number of nitrogens with one attached hydrogen (secondary N) is 1. The molecular formula is C25H23FN6O2. The highest BCUT2D eigenvalue weighted by atomic mass is 19.1. The molecule has 4 aromatic heterocycles. The van der Waals surface area contributed by atoms with Crippen LogP contribution in [0.15, 0.2) is 59.3 Å². The molecule has 4 heterocycles. The third-order valence-electron chi connectivity index (χ3n) is 5.92. The van der Waals surface area contributed by atoms with Crippen LogP contribution in [0.2, 0.25) is 0 Å². The van der Waals surface area contributed by atoms with Crippen LogP contribution in [0.1, 0.15) is 40.3 Å². The highest BCUT2D eigenvalue weighted by molar-refractivity contribution is 6.07. The van der Waals surface area contributed by atoms with Gasteiger partial charge in [-0.2, -0.15) is 10.2 Å². The van der Waals surface area contributed by atoms with Gasteiger partial charge in [-0.25, -0.2) is 14.1 Å². The minimum atomic E-state index is -0.325. The summed E-state index contributed by atoms with van der Waals surface area (Å²) in [6.45, 7) is 5.67. The second kappa shape index (κ2) is 8.26. The smallest absolute Gasteiger partial charge is 0.252 e. The van der Waals surface area contributed by atoms with E-state index < -0.39 is 0 Å². The van der Waals surface area contributed by atoms with Gasteiger partial charge in [-0.15, -0.1) is 0 Å². The molecule has 0 aliphatic carbocycles. The maximum absolute atomic E-state index is 13.5. The Labute approximate surface area is 195 Å². The highest BCUT2D eigenvalue weighted by Gasteiger charge is 2.23. The number of pyridine rings is 1. The molecule has 0 aliphatic rings. The molecule has 0 spiro atoms. The Morgan fingerprint density at radius 3 is 2.65 bits per heavy atom. The Morgan fingerprint density at radius 2 is 1.94 bits per heavy atom. The predicted molar refractivity (Wildman–Crippen MR) is 125 cm³/mol. The number of carbonyl (C=O) groups is 1. The number of fused-ring (bicyclic) bond motifs is 1. The van der Waals surface area contributed by atoms with Gasteiger partial charge in [0.05, 0.1) is 40.8 Å². The molecule has 1 unspecified atom stereocenters. The fourth-order valence-corrected chi connectivity index (χ4v) is 4.22. The molecule has 0 radical (unpaired) electrons. The molecule has 1 N–H and O–H groups in total. The SMILES string of the molecule is Cc1nn(C)c2nc(-c3ccco3)cc(C(=O)NC(C)c3cnn(-c4ccc(F)cc4)c3C)c12. The van der Waals surface area contributed by atoms with E-state index in [1.807, 2.05) is 20.8 Å². The van der Waals surface area contributed by atoms with Crippen molar-refractivity contribution in [2.75, 3.05) is 0 Å². The lowest BCUT2D eigenvalue weighted by Gasteiger charge is -2.15. The number of hydrogen-bond donors (Lipinski definition) is 1. The van der Waals surface area contributed by atoms with Crippen LogP contribution in [-0.4, -0.2) is 30.5 Å². The molecule has 172 valence electrons. The topological polar surface area (TPSA) is 90.8 Å². The third kappa shape index (κ3) is 3.64. The van der Waals surface area contributed by atoms with Crippen molar-refractivity contribution in [3.8, 4) is 17.1 Å². The first-order valence-electron chi connectivity index (χ1n) is 10.8. The normalized spacial score (nSPS) is 12.3. The Morgan fingerprint density at radius 1 is 1.18 bits per heavy atom. The van der Waals surface area contributed by atoms with Gasteiger partial charge < -0.3 is 9.73 Å². The van der Waals surface area contributed by atoms with Crippen molar-refractivity contribution < 1.29 is 13.6 Å². The van der Waals surface area contributed by atoms with Gasteiger partial charge in [-0.1, -0.05) is 0 Å². The summed E-state index contributed by atoms with van der Waals surface area (Å²) in [5.41, 5.74) is 4.80. The molecule has 5 rings (SSSR count). The summed E-state index contributed by atoms with van der Waals surface area (Å²) < 4.78 is 22.2. The van der Waals surface area contributed by atoms with Gasteiger partial charge in [0.15, 0.2) is 11.4 Å². The number of amides is 1. The summed E-state index contributed by atoms with van der Waals surface area (Å²) in [5.74, 6) is 0.00898. The maximum atomic E-state index is 13.5. The number of benzene rings is 1. The standard InChI is InChI=1S/C25H23FN6O2/c1-14(20-13-27-32(16(20)3)18-9-7-17(26)8-10-18)28-25(33)19-12-21(22-6-5-11-34-22)29-24-23(19)15(2)30-31(24)4/h5-14H,1-4H3,(H,28,33). The number of hydrogen-bond acceptors (Lipinski definition) is 5. The van der Waals surface area contributed by atoms with Gasteiger partial charge in [0.1, 0.15) is 11.5 Å². The van der Waals surface area contributed by atoms with Gasteiger partial charge >= 0.3 is 0 Å². The van der Waals surface area contributed by atoms with E-state index in [-0.39, 0.29) is 17.8 Å². The average molecular weight is 458 g/mol. The van der Waals surface area contributed by atoms with Gasteiger partial charge in [0.2, 0.25) is 0 Å². The summed E-state index contributed by atoms with van der Waals surface area (Å²) in [6.07, 6.45) is 3.29. The Kier molecular flexibility index (Phi) is 5.24. The number of furan rings is 1. The average Bonchev–Trinajstić information content (AvgIpc) is 3.54. The summed E-state index contributed by atoms with van der Waals surface area (Å²) in [5, 5.41) is 12.7. The first-order chi connectivity index (χ1) is 16.3. The molecule has 8 nitrogen and oxygen atoms in total. The van der Waals surface area contributed by atoms with Gasteiger partial charge in [0, 0.05) is 18.3 Å². The van der Waals surface area contributed by atoms with Crippen molar-refractivity contribution in [3.63, 3.8) is 0 Å². The van der Waals surface area contributed by atoms with Crippen LogP contribution in [0.25, 0.3) is 28.2 Å². The number of rotatable bonds is 5. The van der Waals surface area contributed by atoms with Crippen LogP contribution in [0.3, 0.4) is 0 Å². The molecule has 5 aromatic rings. The number of aryl methyl sites for hydroxylation is 2. The van der Waals surface area contributed by atoms with E-state index in [1.165, 1.54) is 12.1 Å². The zero-order valence-corrected chi connectivity index (χ0v) is 19.2.